The average Bonchev–Trinajstić information content (AvgIpc) is 2.63. The van der Waals surface area contributed by atoms with Crippen LogP contribution in [0.15, 0.2) is 66.7 Å². The van der Waals surface area contributed by atoms with Crippen molar-refractivity contribution in [1.82, 2.24) is 9.97 Å². The van der Waals surface area contributed by atoms with Crippen LogP contribution in [0.4, 0.5) is 11.8 Å². The van der Waals surface area contributed by atoms with Gasteiger partial charge >= 0.3 is 0 Å². The Morgan fingerprint density at radius 3 is 2.28 bits per heavy atom. The third-order valence-electron chi connectivity index (χ3n) is 4.11. The Kier molecular flexibility index (Phi) is 5.29. The van der Waals surface area contributed by atoms with Gasteiger partial charge in [-0.15, -0.1) is 0 Å². The molecule has 4 heteroatoms. The van der Waals surface area contributed by atoms with Crippen LogP contribution < -0.4 is 10.2 Å². The van der Waals surface area contributed by atoms with Crippen molar-refractivity contribution >= 4 is 11.8 Å². The van der Waals surface area contributed by atoms with Crippen molar-refractivity contribution < 1.29 is 0 Å². The molecule has 2 aromatic carbocycles. The van der Waals surface area contributed by atoms with Gasteiger partial charge in [-0.3, -0.25) is 0 Å². The van der Waals surface area contributed by atoms with Crippen molar-refractivity contribution in [3.63, 3.8) is 0 Å². The number of aryl methyl sites for hydroxylation is 1. The molecule has 25 heavy (non-hydrogen) atoms. The molecule has 0 radical (unpaired) electrons. The first-order chi connectivity index (χ1) is 12.1. The van der Waals surface area contributed by atoms with E-state index < -0.39 is 0 Å². The van der Waals surface area contributed by atoms with Gasteiger partial charge in [-0.05, 0) is 25.0 Å². The number of aromatic nitrogens is 2. The van der Waals surface area contributed by atoms with Crippen molar-refractivity contribution in [2.24, 2.45) is 0 Å². The Bertz CT molecular complexity index is 803. The van der Waals surface area contributed by atoms with E-state index in [2.05, 4.69) is 70.7 Å². The first-order valence-corrected chi connectivity index (χ1v) is 8.54. The molecule has 128 valence electrons. The fourth-order valence-corrected chi connectivity index (χ4v) is 2.77. The van der Waals surface area contributed by atoms with Crippen LogP contribution in [0.1, 0.15) is 29.8 Å². The molecule has 1 unspecified atom stereocenters. The molecule has 0 spiro atoms. The zero-order chi connectivity index (χ0) is 17.6. The lowest BCUT2D eigenvalue weighted by Gasteiger charge is -2.20. The number of hydrogen-bond acceptors (Lipinski definition) is 4. The highest BCUT2D eigenvalue weighted by molar-refractivity contribution is 5.45. The van der Waals surface area contributed by atoms with Crippen molar-refractivity contribution in [1.29, 1.82) is 0 Å². The summed E-state index contributed by atoms with van der Waals surface area (Å²) in [7, 11) is 2.02. The zero-order valence-corrected chi connectivity index (χ0v) is 15.0. The minimum Gasteiger partial charge on any atom is -0.363 e. The molecule has 0 aliphatic rings. The molecule has 1 heterocycles. The molecule has 0 saturated carbocycles. The van der Waals surface area contributed by atoms with Gasteiger partial charge in [-0.2, -0.15) is 4.98 Å². The molecule has 3 aromatic rings. The van der Waals surface area contributed by atoms with Gasteiger partial charge in [0.1, 0.15) is 5.82 Å². The van der Waals surface area contributed by atoms with Gasteiger partial charge in [0.15, 0.2) is 0 Å². The highest BCUT2D eigenvalue weighted by Gasteiger charge is 2.11. The van der Waals surface area contributed by atoms with Gasteiger partial charge in [0.25, 0.3) is 0 Å². The summed E-state index contributed by atoms with van der Waals surface area (Å²) >= 11 is 0. The van der Waals surface area contributed by atoms with Crippen LogP contribution in [0.5, 0.6) is 0 Å². The second-order valence-corrected chi connectivity index (χ2v) is 6.31. The number of nitrogens with one attached hydrogen (secondary N) is 1. The Balaban J connectivity index is 1.76. The second kappa shape index (κ2) is 7.79. The average molecular weight is 332 g/mol. The van der Waals surface area contributed by atoms with Gasteiger partial charge in [-0.1, -0.05) is 60.7 Å². The van der Waals surface area contributed by atoms with E-state index >= 15 is 0 Å². The highest BCUT2D eigenvalue weighted by Crippen LogP contribution is 2.20. The van der Waals surface area contributed by atoms with Crippen LogP contribution in [0.2, 0.25) is 0 Å². The maximum Gasteiger partial charge on any atom is 0.227 e. The summed E-state index contributed by atoms with van der Waals surface area (Å²) in [6.45, 7) is 4.91. The predicted octanol–water partition coefficient (Wildman–Crippen LogP) is 4.59. The molecule has 0 fully saturated rings. The Labute approximate surface area is 149 Å². The highest BCUT2D eigenvalue weighted by atomic mass is 15.2. The maximum atomic E-state index is 4.70. The van der Waals surface area contributed by atoms with Crippen molar-refractivity contribution in [2.45, 2.75) is 26.4 Å². The van der Waals surface area contributed by atoms with Gasteiger partial charge in [0, 0.05) is 31.4 Å². The first kappa shape index (κ1) is 17.0. The number of anilines is 2. The van der Waals surface area contributed by atoms with Gasteiger partial charge < -0.3 is 10.2 Å². The molecule has 0 bridgehead atoms. The molecule has 0 aliphatic carbocycles. The van der Waals surface area contributed by atoms with Crippen LogP contribution in [-0.4, -0.2) is 17.0 Å². The smallest absolute Gasteiger partial charge is 0.227 e. The SMILES string of the molecule is Cc1cc(NC(C)c2ccccc2)nc(N(C)Cc2ccccc2)n1. The van der Waals surface area contributed by atoms with Gasteiger partial charge in [0.05, 0.1) is 0 Å². The fourth-order valence-electron chi connectivity index (χ4n) is 2.77. The molecular weight excluding hydrogens is 308 g/mol. The minimum absolute atomic E-state index is 0.183. The van der Waals surface area contributed by atoms with Crippen LogP contribution in [0, 0.1) is 6.92 Å². The number of hydrogen-bond donors (Lipinski definition) is 1. The summed E-state index contributed by atoms with van der Waals surface area (Å²) in [5.74, 6) is 1.57. The van der Waals surface area contributed by atoms with Crippen molar-refractivity contribution in [3.8, 4) is 0 Å². The fraction of sp³-hybridized carbons (Fsp3) is 0.238. The van der Waals surface area contributed by atoms with Crippen molar-refractivity contribution in [3.05, 3.63) is 83.6 Å². The second-order valence-electron chi connectivity index (χ2n) is 6.31. The summed E-state index contributed by atoms with van der Waals surface area (Å²) in [6, 6.07) is 22.9. The van der Waals surface area contributed by atoms with Crippen LogP contribution in [0.3, 0.4) is 0 Å². The summed E-state index contributed by atoms with van der Waals surface area (Å²) in [4.78, 5) is 11.4. The molecule has 0 aliphatic heterocycles. The maximum absolute atomic E-state index is 4.70. The standard InChI is InChI=1S/C21H24N4/c1-16-14-20(23-17(2)19-12-8-5-9-13-19)24-21(22-16)25(3)15-18-10-6-4-7-11-18/h4-14,17H,15H2,1-3H3,(H,22,23,24). The normalized spacial score (nSPS) is 11.8. The van der Waals surface area contributed by atoms with Crippen LogP contribution >= 0.6 is 0 Å². The van der Waals surface area contributed by atoms with E-state index in [1.54, 1.807) is 0 Å². The van der Waals surface area contributed by atoms with E-state index in [4.69, 9.17) is 4.98 Å². The lowest BCUT2D eigenvalue weighted by Crippen LogP contribution is -2.20. The third kappa shape index (κ3) is 4.57. The first-order valence-electron chi connectivity index (χ1n) is 8.54. The molecule has 4 nitrogen and oxygen atoms in total. The summed E-state index contributed by atoms with van der Waals surface area (Å²) < 4.78 is 0. The number of benzene rings is 2. The van der Waals surface area contributed by atoms with E-state index in [0.29, 0.717) is 0 Å². The molecule has 1 atom stereocenters. The topological polar surface area (TPSA) is 41.1 Å². The summed E-state index contributed by atoms with van der Waals surface area (Å²) in [6.07, 6.45) is 0. The van der Waals surface area contributed by atoms with Gasteiger partial charge in [0.2, 0.25) is 5.95 Å². The van der Waals surface area contributed by atoms with E-state index in [-0.39, 0.29) is 6.04 Å². The Morgan fingerprint density at radius 2 is 1.60 bits per heavy atom. The zero-order valence-electron chi connectivity index (χ0n) is 15.0. The van der Waals surface area contributed by atoms with Crippen LogP contribution in [-0.2, 0) is 6.54 Å². The summed E-state index contributed by atoms with van der Waals surface area (Å²) in [5.41, 5.74) is 3.42. The van der Waals surface area contributed by atoms with E-state index in [9.17, 15) is 0 Å². The molecule has 0 saturated heterocycles. The molecule has 3 rings (SSSR count). The number of rotatable bonds is 6. The van der Waals surface area contributed by atoms with Crippen LogP contribution in [0.25, 0.3) is 0 Å². The lowest BCUT2D eigenvalue weighted by atomic mass is 10.1. The quantitative estimate of drug-likeness (QED) is 0.716. The number of nitrogens with zero attached hydrogens (tertiary/aromatic N) is 3. The summed E-state index contributed by atoms with van der Waals surface area (Å²) in [5, 5.41) is 3.48. The largest absolute Gasteiger partial charge is 0.363 e. The molecule has 1 aromatic heterocycles. The Hall–Kier alpha value is -2.88. The predicted molar refractivity (Wildman–Crippen MR) is 104 cm³/mol. The molecule has 0 amide bonds. The monoisotopic (exact) mass is 332 g/mol. The van der Waals surface area contributed by atoms with E-state index in [1.165, 1.54) is 11.1 Å². The minimum atomic E-state index is 0.183. The Morgan fingerprint density at radius 1 is 0.960 bits per heavy atom. The lowest BCUT2D eigenvalue weighted by molar-refractivity contribution is 0.839. The molecular formula is C21H24N4. The van der Waals surface area contributed by atoms with Gasteiger partial charge in [-0.25, -0.2) is 4.98 Å². The van der Waals surface area contributed by atoms with E-state index in [1.807, 2.05) is 32.2 Å². The third-order valence-corrected chi connectivity index (χ3v) is 4.11. The van der Waals surface area contributed by atoms with Crippen molar-refractivity contribution in [2.75, 3.05) is 17.3 Å². The molecule has 1 N–H and O–H groups in total. The van der Waals surface area contributed by atoms with E-state index in [0.717, 1.165) is 24.0 Å².